The molecule has 1 rings (SSSR count). The van der Waals surface area contributed by atoms with Crippen LogP contribution in [0.2, 0.25) is 5.02 Å². The fourth-order valence-corrected chi connectivity index (χ4v) is 1.78. The number of sulfonamides is 1. The lowest BCUT2D eigenvalue weighted by Gasteiger charge is -2.01. The van der Waals surface area contributed by atoms with Crippen LogP contribution in [0.4, 0.5) is 0 Å². The highest BCUT2D eigenvalue weighted by Crippen LogP contribution is 2.14. The van der Waals surface area contributed by atoms with E-state index in [0.29, 0.717) is 5.02 Å². The summed E-state index contributed by atoms with van der Waals surface area (Å²) in [6.07, 6.45) is 0. The van der Waals surface area contributed by atoms with Gasteiger partial charge in [-0.25, -0.2) is 13.1 Å². The maximum absolute atomic E-state index is 11.2. The van der Waals surface area contributed by atoms with E-state index in [2.05, 4.69) is 4.72 Å². The summed E-state index contributed by atoms with van der Waals surface area (Å²) in [6, 6.07) is 6.09. The molecule has 0 radical (unpaired) electrons. The maximum atomic E-state index is 11.2. The Morgan fingerprint density at radius 1 is 1.42 bits per heavy atom. The fourth-order valence-electron chi connectivity index (χ4n) is 0.752. The minimum Gasteiger partial charge on any atom is -0.214 e. The Labute approximate surface area is 76.4 Å². The first-order valence-electron chi connectivity index (χ1n) is 3.25. The predicted molar refractivity (Wildman–Crippen MR) is 47.7 cm³/mol. The van der Waals surface area contributed by atoms with Gasteiger partial charge < -0.3 is 0 Å². The summed E-state index contributed by atoms with van der Waals surface area (Å²) in [7, 11) is -2.00. The Kier molecular flexibility index (Phi) is 2.72. The molecule has 1 N–H and O–H groups in total. The molecule has 3 nitrogen and oxygen atoms in total. The third kappa shape index (κ3) is 1.97. The summed E-state index contributed by atoms with van der Waals surface area (Å²) in [5.41, 5.74) is 0. The third-order valence-corrected chi connectivity index (χ3v) is 3.02. The van der Waals surface area contributed by atoms with Crippen molar-refractivity contribution in [3.8, 4) is 0 Å². The lowest BCUT2D eigenvalue weighted by atomic mass is 10.4. The Morgan fingerprint density at radius 3 is 2.58 bits per heavy atom. The quantitative estimate of drug-likeness (QED) is 0.790. The van der Waals surface area contributed by atoms with Crippen molar-refractivity contribution < 1.29 is 8.42 Å². The lowest BCUT2D eigenvalue weighted by molar-refractivity contribution is 0.588. The van der Waals surface area contributed by atoms with Gasteiger partial charge in [0.1, 0.15) is 0 Å². The highest BCUT2D eigenvalue weighted by atomic mass is 35.5. The Morgan fingerprint density at radius 2 is 2.08 bits per heavy atom. The van der Waals surface area contributed by atoms with Crippen LogP contribution >= 0.6 is 11.6 Å². The van der Waals surface area contributed by atoms with E-state index < -0.39 is 10.0 Å². The molecule has 0 heterocycles. The van der Waals surface area contributed by atoms with Gasteiger partial charge in [-0.3, -0.25) is 0 Å². The van der Waals surface area contributed by atoms with Crippen LogP contribution in [0, 0.1) is 0 Å². The molecule has 12 heavy (non-hydrogen) atoms. The number of halogens is 1. The van der Waals surface area contributed by atoms with Crippen LogP contribution in [-0.2, 0) is 10.0 Å². The van der Waals surface area contributed by atoms with Gasteiger partial charge in [-0.2, -0.15) is 0 Å². The van der Waals surface area contributed by atoms with Gasteiger partial charge in [0.05, 0.1) is 4.90 Å². The summed E-state index contributed by atoms with van der Waals surface area (Å²) < 4.78 is 24.6. The molecule has 0 unspecified atom stereocenters. The standard InChI is InChI=1S/C7H8ClNO2S/c1-9-12(10,11)7-4-2-3-6(8)5-7/h2-5,9H,1H3. The van der Waals surface area contributed by atoms with Crippen LogP contribution in [-0.4, -0.2) is 15.5 Å². The van der Waals surface area contributed by atoms with E-state index in [1.54, 1.807) is 12.1 Å². The normalized spacial score (nSPS) is 11.5. The number of benzene rings is 1. The van der Waals surface area contributed by atoms with Gasteiger partial charge in [0, 0.05) is 5.02 Å². The van der Waals surface area contributed by atoms with E-state index in [1.165, 1.54) is 19.2 Å². The van der Waals surface area contributed by atoms with Crippen molar-refractivity contribution in [2.75, 3.05) is 7.05 Å². The number of nitrogens with one attached hydrogen (secondary N) is 1. The van der Waals surface area contributed by atoms with Gasteiger partial charge in [0.15, 0.2) is 0 Å². The van der Waals surface area contributed by atoms with Gasteiger partial charge >= 0.3 is 0 Å². The SMILES string of the molecule is CNS(=O)(=O)c1cccc(Cl)c1. The summed E-state index contributed by atoms with van der Waals surface area (Å²) in [6.45, 7) is 0. The molecule has 0 aromatic heterocycles. The van der Waals surface area contributed by atoms with Crippen LogP contribution in [0.1, 0.15) is 0 Å². The molecular weight excluding hydrogens is 198 g/mol. The van der Waals surface area contributed by atoms with Gasteiger partial charge in [-0.05, 0) is 25.2 Å². The van der Waals surface area contributed by atoms with Crippen molar-refractivity contribution in [2.45, 2.75) is 4.90 Å². The molecule has 0 spiro atoms. The molecule has 0 saturated carbocycles. The molecule has 0 atom stereocenters. The first-order chi connectivity index (χ1) is 5.56. The topological polar surface area (TPSA) is 46.2 Å². The average Bonchev–Trinajstić information content (AvgIpc) is 2.05. The zero-order valence-electron chi connectivity index (χ0n) is 6.41. The van der Waals surface area contributed by atoms with Crippen molar-refractivity contribution in [1.29, 1.82) is 0 Å². The first-order valence-corrected chi connectivity index (χ1v) is 5.11. The van der Waals surface area contributed by atoms with Crippen molar-refractivity contribution >= 4 is 21.6 Å². The Bertz CT molecular complexity index is 375. The fraction of sp³-hybridized carbons (Fsp3) is 0.143. The molecule has 66 valence electrons. The summed E-state index contributed by atoms with van der Waals surface area (Å²) in [5.74, 6) is 0. The molecule has 0 fully saturated rings. The molecule has 5 heteroatoms. The highest BCUT2D eigenvalue weighted by molar-refractivity contribution is 7.89. The lowest BCUT2D eigenvalue weighted by Crippen LogP contribution is -2.18. The van der Waals surface area contributed by atoms with E-state index in [4.69, 9.17) is 11.6 Å². The van der Waals surface area contributed by atoms with Crippen LogP contribution in [0.15, 0.2) is 29.2 Å². The van der Waals surface area contributed by atoms with Gasteiger partial charge in [0.2, 0.25) is 10.0 Å². The minimum atomic E-state index is -3.36. The molecule has 0 amide bonds. The van der Waals surface area contributed by atoms with E-state index >= 15 is 0 Å². The van der Waals surface area contributed by atoms with E-state index in [-0.39, 0.29) is 4.90 Å². The van der Waals surface area contributed by atoms with Crippen molar-refractivity contribution in [3.05, 3.63) is 29.3 Å². The number of hydrogen-bond acceptors (Lipinski definition) is 2. The molecule has 0 bridgehead atoms. The molecule has 1 aromatic rings. The number of rotatable bonds is 2. The van der Waals surface area contributed by atoms with E-state index in [1.807, 2.05) is 0 Å². The van der Waals surface area contributed by atoms with E-state index in [0.717, 1.165) is 0 Å². The van der Waals surface area contributed by atoms with Gasteiger partial charge in [-0.15, -0.1) is 0 Å². The van der Waals surface area contributed by atoms with Crippen LogP contribution in [0.25, 0.3) is 0 Å². The average molecular weight is 206 g/mol. The second-order valence-corrected chi connectivity index (χ2v) is 4.49. The summed E-state index contributed by atoms with van der Waals surface area (Å²) in [5, 5.41) is 0.409. The Hall–Kier alpha value is -0.580. The van der Waals surface area contributed by atoms with Crippen LogP contribution in [0.3, 0.4) is 0 Å². The van der Waals surface area contributed by atoms with Crippen LogP contribution < -0.4 is 4.72 Å². The van der Waals surface area contributed by atoms with Gasteiger partial charge in [-0.1, -0.05) is 17.7 Å². The zero-order chi connectivity index (χ0) is 9.19. The molecule has 0 aliphatic rings. The third-order valence-electron chi connectivity index (χ3n) is 1.38. The molecule has 0 saturated heterocycles. The summed E-state index contributed by atoms with van der Waals surface area (Å²) in [4.78, 5) is 0.178. The second-order valence-electron chi connectivity index (χ2n) is 2.16. The smallest absolute Gasteiger partial charge is 0.214 e. The second kappa shape index (κ2) is 3.43. The maximum Gasteiger partial charge on any atom is 0.240 e. The number of hydrogen-bond donors (Lipinski definition) is 1. The molecular formula is C7H8ClNO2S. The predicted octanol–water partition coefficient (Wildman–Crippen LogP) is 1.25. The highest BCUT2D eigenvalue weighted by Gasteiger charge is 2.10. The Balaban J connectivity index is 3.21. The first kappa shape index (κ1) is 9.51. The van der Waals surface area contributed by atoms with Crippen molar-refractivity contribution in [1.82, 2.24) is 4.72 Å². The monoisotopic (exact) mass is 205 g/mol. The molecule has 0 aliphatic heterocycles. The van der Waals surface area contributed by atoms with E-state index in [9.17, 15) is 8.42 Å². The largest absolute Gasteiger partial charge is 0.240 e. The summed E-state index contributed by atoms with van der Waals surface area (Å²) >= 11 is 5.62. The molecule has 1 aromatic carbocycles. The van der Waals surface area contributed by atoms with Gasteiger partial charge in [0.25, 0.3) is 0 Å². The molecule has 0 aliphatic carbocycles. The van der Waals surface area contributed by atoms with Crippen molar-refractivity contribution in [2.24, 2.45) is 0 Å². The van der Waals surface area contributed by atoms with Crippen LogP contribution in [0.5, 0.6) is 0 Å². The minimum absolute atomic E-state index is 0.178. The van der Waals surface area contributed by atoms with Crippen molar-refractivity contribution in [3.63, 3.8) is 0 Å². The zero-order valence-corrected chi connectivity index (χ0v) is 7.98.